The summed E-state index contributed by atoms with van der Waals surface area (Å²) in [6, 6.07) is 13.8. The van der Waals surface area contributed by atoms with E-state index >= 15 is 0 Å². The van der Waals surface area contributed by atoms with Gasteiger partial charge in [-0.1, -0.05) is 0 Å². The van der Waals surface area contributed by atoms with Crippen LogP contribution in [0.15, 0.2) is 53.6 Å². The Morgan fingerprint density at radius 1 is 1.00 bits per heavy atom. The van der Waals surface area contributed by atoms with Crippen LogP contribution in [-0.2, 0) is 14.4 Å². The van der Waals surface area contributed by atoms with E-state index in [4.69, 9.17) is 9.47 Å². The number of ether oxygens (including phenoxy) is 2. The largest absolute Gasteiger partial charge is 0.497 e. The molecule has 0 saturated heterocycles. The maximum Gasteiger partial charge on any atom is 0.329 e. The fourth-order valence-electron chi connectivity index (χ4n) is 2.37. The van der Waals surface area contributed by atoms with E-state index in [1.54, 1.807) is 55.6 Å². The first-order valence-electron chi connectivity index (χ1n) is 9.34. The van der Waals surface area contributed by atoms with Crippen molar-refractivity contribution in [3.8, 4) is 11.5 Å². The minimum absolute atomic E-state index is 0.109. The Kier molecular flexibility index (Phi) is 6.99. The molecule has 0 aliphatic heterocycles. The predicted molar refractivity (Wildman–Crippen MR) is 110 cm³/mol. The molecular formula is C21H22N4O5. The lowest BCUT2D eigenvalue weighted by molar-refractivity contribution is -0.139. The molecule has 0 atom stereocenters. The van der Waals surface area contributed by atoms with Gasteiger partial charge in [-0.05, 0) is 66.9 Å². The van der Waals surface area contributed by atoms with Gasteiger partial charge in [0, 0.05) is 11.7 Å². The monoisotopic (exact) mass is 410 g/mol. The van der Waals surface area contributed by atoms with Gasteiger partial charge in [0.05, 0.1) is 13.3 Å². The number of carbonyl (C=O) groups is 3. The van der Waals surface area contributed by atoms with E-state index in [9.17, 15) is 14.4 Å². The Labute approximate surface area is 173 Å². The lowest BCUT2D eigenvalue weighted by Crippen LogP contribution is -2.38. The average molecular weight is 410 g/mol. The molecule has 0 aromatic heterocycles. The summed E-state index contributed by atoms with van der Waals surface area (Å²) in [5.74, 6) is -0.580. The highest BCUT2D eigenvalue weighted by atomic mass is 16.5. The van der Waals surface area contributed by atoms with Crippen LogP contribution in [0.3, 0.4) is 0 Å². The Morgan fingerprint density at radius 3 is 2.30 bits per heavy atom. The Bertz CT molecular complexity index is 921. The van der Waals surface area contributed by atoms with Gasteiger partial charge >= 0.3 is 11.8 Å². The van der Waals surface area contributed by atoms with E-state index in [0.717, 1.165) is 12.8 Å². The number of hydrogen-bond donors (Lipinski definition) is 3. The topological polar surface area (TPSA) is 118 Å². The zero-order valence-corrected chi connectivity index (χ0v) is 16.4. The quantitative estimate of drug-likeness (QED) is 0.346. The number of benzene rings is 2. The molecule has 30 heavy (non-hydrogen) atoms. The maximum absolute atomic E-state index is 12.0. The third kappa shape index (κ3) is 6.62. The molecule has 0 bridgehead atoms. The first kappa shape index (κ1) is 20.8. The Hall–Kier alpha value is -3.88. The van der Waals surface area contributed by atoms with Crippen molar-refractivity contribution >= 4 is 29.6 Å². The molecule has 9 nitrogen and oxygen atoms in total. The highest BCUT2D eigenvalue weighted by Crippen LogP contribution is 2.18. The van der Waals surface area contributed by atoms with Gasteiger partial charge in [-0.2, -0.15) is 5.10 Å². The number of rotatable bonds is 8. The Morgan fingerprint density at radius 2 is 1.67 bits per heavy atom. The van der Waals surface area contributed by atoms with E-state index < -0.39 is 11.8 Å². The molecular weight excluding hydrogens is 388 g/mol. The van der Waals surface area contributed by atoms with Crippen molar-refractivity contribution in [1.29, 1.82) is 0 Å². The second-order valence-electron chi connectivity index (χ2n) is 6.58. The van der Waals surface area contributed by atoms with E-state index in [2.05, 4.69) is 21.2 Å². The van der Waals surface area contributed by atoms with E-state index in [-0.39, 0.29) is 18.6 Å². The summed E-state index contributed by atoms with van der Waals surface area (Å²) in [5, 5.41) is 9.05. The van der Waals surface area contributed by atoms with Gasteiger partial charge in [0.2, 0.25) is 0 Å². The molecule has 2 aromatic rings. The van der Waals surface area contributed by atoms with E-state index in [1.165, 1.54) is 6.21 Å². The minimum atomic E-state index is -0.805. The van der Waals surface area contributed by atoms with Gasteiger partial charge in [0.1, 0.15) is 11.5 Å². The first-order chi connectivity index (χ1) is 14.5. The maximum atomic E-state index is 12.0. The average Bonchev–Trinajstić information content (AvgIpc) is 3.57. The molecule has 1 fully saturated rings. The molecule has 0 unspecified atom stereocenters. The standard InChI is InChI=1S/C21H22N4O5/c1-29-17-10-6-15(7-11-17)23-19(26)13-30-18-8-2-14(3-9-18)12-22-25-21(28)20(27)24-16-4-5-16/h2-3,6-12,16H,4-5,13H2,1H3,(H,23,26)(H,24,27)(H,25,28)/b22-12-. The molecule has 0 radical (unpaired) electrons. The highest BCUT2D eigenvalue weighted by molar-refractivity contribution is 6.35. The molecule has 1 saturated carbocycles. The predicted octanol–water partition coefficient (Wildman–Crippen LogP) is 1.44. The van der Waals surface area contributed by atoms with Crippen molar-refractivity contribution in [3.63, 3.8) is 0 Å². The first-order valence-corrected chi connectivity index (χ1v) is 9.34. The normalized spacial score (nSPS) is 12.8. The summed E-state index contributed by atoms with van der Waals surface area (Å²) >= 11 is 0. The second kappa shape index (κ2) is 10.1. The lowest BCUT2D eigenvalue weighted by atomic mass is 10.2. The van der Waals surface area contributed by atoms with Crippen LogP contribution in [0.1, 0.15) is 18.4 Å². The summed E-state index contributed by atoms with van der Waals surface area (Å²) in [6.07, 6.45) is 3.21. The van der Waals surface area contributed by atoms with Crippen LogP contribution in [0, 0.1) is 0 Å². The molecule has 0 heterocycles. The number of hydrogen-bond acceptors (Lipinski definition) is 6. The van der Waals surface area contributed by atoms with Gasteiger partial charge in [0.25, 0.3) is 5.91 Å². The molecule has 1 aliphatic rings. The third-order valence-electron chi connectivity index (χ3n) is 4.12. The van der Waals surface area contributed by atoms with Crippen LogP contribution in [0.2, 0.25) is 0 Å². The molecule has 0 spiro atoms. The van der Waals surface area contributed by atoms with Crippen LogP contribution in [0.5, 0.6) is 11.5 Å². The molecule has 3 N–H and O–H groups in total. The second-order valence-corrected chi connectivity index (χ2v) is 6.58. The SMILES string of the molecule is COc1ccc(NC(=O)COc2ccc(/C=N\NC(=O)C(=O)NC3CC3)cc2)cc1. The van der Waals surface area contributed by atoms with Gasteiger partial charge in [-0.3, -0.25) is 14.4 Å². The fraction of sp³-hybridized carbons (Fsp3) is 0.238. The molecule has 9 heteroatoms. The zero-order chi connectivity index (χ0) is 21.3. The van der Waals surface area contributed by atoms with Gasteiger partial charge in [-0.15, -0.1) is 0 Å². The number of nitrogens with zero attached hydrogens (tertiary/aromatic N) is 1. The van der Waals surface area contributed by atoms with E-state index in [1.807, 2.05) is 0 Å². The number of methoxy groups -OCH3 is 1. The van der Waals surface area contributed by atoms with Crippen LogP contribution in [0.25, 0.3) is 0 Å². The summed E-state index contributed by atoms with van der Waals surface area (Å²) in [4.78, 5) is 35.0. The smallest absolute Gasteiger partial charge is 0.329 e. The fourth-order valence-corrected chi connectivity index (χ4v) is 2.37. The molecule has 3 rings (SSSR count). The van der Waals surface area contributed by atoms with Gasteiger partial charge in [-0.25, -0.2) is 5.43 Å². The molecule has 3 amide bonds. The minimum Gasteiger partial charge on any atom is -0.497 e. The summed E-state index contributed by atoms with van der Waals surface area (Å²) in [6.45, 7) is -0.147. The van der Waals surface area contributed by atoms with Gasteiger partial charge < -0.3 is 20.1 Å². The van der Waals surface area contributed by atoms with E-state index in [0.29, 0.717) is 22.7 Å². The van der Waals surface area contributed by atoms with Crippen molar-refractivity contribution < 1.29 is 23.9 Å². The zero-order valence-electron chi connectivity index (χ0n) is 16.4. The van der Waals surface area contributed by atoms with Crippen molar-refractivity contribution in [3.05, 3.63) is 54.1 Å². The number of amides is 3. The molecule has 1 aliphatic carbocycles. The van der Waals surface area contributed by atoms with Crippen molar-refractivity contribution in [1.82, 2.24) is 10.7 Å². The lowest BCUT2D eigenvalue weighted by Gasteiger charge is -2.08. The number of anilines is 1. The highest BCUT2D eigenvalue weighted by Gasteiger charge is 2.26. The molecule has 156 valence electrons. The number of nitrogens with one attached hydrogen (secondary N) is 3. The van der Waals surface area contributed by atoms with Crippen molar-refractivity contribution in [2.24, 2.45) is 5.10 Å². The molecule has 2 aromatic carbocycles. The summed E-state index contributed by atoms with van der Waals surface area (Å²) < 4.78 is 10.5. The van der Waals surface area contributed by atoms with Crippen molar-refractivity contribution in [2.75, 3.05) is 19.0 Å². The third-order valence-corrected chi connectivity index (χ3v) is 4.12. The number of hydrazone groups is 1. The number of carbonyl (C=O) groups excluding carboxylic acids is 3. The Balaban J connectivity index is 1.40. The van der Waals surface area contributed by atoms with Crippen molar-refractivity contribution in [2.45, 2.75) is 18.9 Å². The summed E-state index contributed by atoms with van der Waals surface area (Å²) in [5.41, 5.74) is 3.51. The van der Waals surface area contributed by atoms with Crippen LogP contribution >= 0.6 is 0 Å². The summed E-state index contributed by atoms with van der Waals surface area (Å²) in [7, 11) is 1.57. The van der Waals surface area contributed by atoms with Crippen LogP contribution in [0.4, 0.5) is 5.69 Å². The van der Waals surface area contributed by atoms with Crippen LogP contribution in [-0.4, -0.2) is 43.7 Å². The van der Waals surface area contributed by atoms with Gasteiger partial charge in [0.15, 0.2) is 6.61 Å². The van der Waals surface area contributed by atoms with Crippen LogP contribution < -0.4 is 25.5 Å².